The van der Waals surface area contributed by atoms with E-state index in [1.165, 1.54) is 28.6 Å². The summed E-state index contributed by atoms with van der Waals surface area (Å²) >= 11 is 0. The Morgan fingerprint density at radius 2 is 1.75 bits per heavy atom. The summed E-state index contributed by atoms with van der Waals surface area (Å²) in [7, 11) is -3.74. The van der Waals surface area contributed by atoms with Crippen LogP contribution in [0.25, 0.3) is 0 Å². The average molecular weight is 463 g/mol. The summed E-state index contributed by atoms with van der Waals surface area (Å²) in [5.41, 5.74) is 1.05. The first-order valence-electron chi connectivity index (χ1n) is 10.5. The van der Waals surface area contributed by atoms with Gasteiger partial charge in [-0.15, -0.1) is 0 Å². The molecule has 2 saturated heterocycles. The molecule has 172 valence electrons. The van der Waals surface area contributed by atoms with Crippen LogP contribution in [-0.4, -0.2) is 62.1 Å². The molecule has 2 aliphatic rings. The van der Waals surface area contributed by atoms with E-state index in [2.05, 4.69) is 10.2 Å². The monoisotopic (exact) mass is 462 g/mol. The Bertz CT molecular complexity index is 1080. The van der Waals surface area contributed by atoms with Gasteiger partial charge in [0.15, 0.2) is 6.23 Å². The van der Waals surface area contributed by atoms with Gasteiger partial charge in [0, 0.05) is 32.2 Å². The van der Waals surface area contributed by atoms with E-state index in [1.807, 2.05) is 0 Å². The van der Waals surface area contributed by atoms with Gasteiger partial charge in [-0.1, -0.05) is 12.1 Å². The lowest BCUT2D eigenvalue weighted by Gasteiger charge is -2.28. The highest BCUT2D eigenvalue weighted by molar-refractivity contribution is 7.89. The van der Waals surface area contributed by atoms with E-state index in [9.17, 15) is 23.6 Å². The lowest BCUT2D eigenvalue weighted by Crippen LogP contribution is -2.40. The van der Waals surface area contributed by atoms with Crippen molar-refractivity contribution in [2.75, 3.05) is 49.6 Å². The fourth-order valence-electron chi connectivity index (χ4n) is 4.07. The number of hydrogen-bond acceptors (Lipinski definition) is 8. The first-order chi connectivity index (χ1) is 15.4. The number of nitrogens with zero attached hydrogens (tertiary/aromatic N) is 3. The summed E-state index contributed by atoms with van der Waals surface area (Å²) in [6.45, 7) is 2.85. The molecule has 32 heavy (non-hydrogen) atoms. The highest BCUT2D eigenvalue weighted by Gasteiger charge is 2.29. The molecule has 0 radical (unpaired) electrons. The van der Waals surface area contributed by atoms with Crippen molar-refractivity contribution in [1.29, 1.82) is 0 Å². The zero-order valence-corrected chi connectivity index (χ0v) is 18.3. The number of nitro groups is 1. The van der Waals surface area contributed by atoms with E-state index in [-0.39, 0.29) is 29.2 Å². The number of anilines is 2. The van der Waals surface area contributed by atoms with Gasteiger partial charge in [0.05, 0.1) is 40.0 Å². The van der Waals surface area contributed by atoms with Gasteiger partial charge in [-0.05, 0) is 37.1 Å². The number of ether oxygens (including phenoxy) is 1. The maximum absolute atomic E-state index is 13.1. The molecule has 0 saturated carbocycles. The van der Waals surface area contributed by atoms with E-state index < -0.39 is 21.2 Å². The third-order valence-corrected chi connectivity index (χ3v) is 7.64. The Hall–Kier alpha value is -2.73. The molecule has 0 spiro atoms. The van der Waals surface area contributed by atoms with Crippen LogP contribution in [0.4, 0.5) is 17.1 Å². The molecular formula is C21H26N4O6S. The number of benzene rings is 2. The Balaban J connectivity index is 1.70. The fourth-order valence-corrected chi connectivity index (χ4v) is 5.51. The van der Waals surface area contributed by atoms with Gasteiger partial charge in [-0.3, -0.25) is 10.1 Å². The first-order valence-corrected chi connectivity index (χ1v) is 12.0. The molecule has 0 amide bonds. The van der Waals surface area contributed by atoms with E-state index in [4.69, 9.17) is 4.74 Å². The van der Waals surface area contributed by atoms with Gasteiger partial charge in [0.1, 0.15) is 0 Å². The van der Waals surface area contributed by atoms with Crippen molar-refractivity contribution in [2.45, 2.75) is 24.0 Å². The van der Waals surface area contributed by atoms with Gasteiger partial charge in [0.2, 0.25) is 10.0 Å². The third kappa shape index (κ3) is 4.56. The smallest absolute Gasteiger partial charge is 0.277 e. The fraction of sp³-hybridized carbons (Fsp3) is 0.429. The highest BCUT2D eigenvalue weighted by atomic mass is 32.2. The van der Waals surface area contributed by atoms with Gasteiger partial charge in [0.25, 0.3) is 5.69 Å². The van der Waals surface area contributed by atoms with Crippen LogP contribution >= 0.6 is 0 Å². The van der Waals surface area contributed by atoms with Crippen molar-refractivity contribution in [3.05, 3.63) is 58.1 Å². The Labute approximate surface area is 186 Å². The van der Waals surface area contributed by atoms with E-state index in [1.54, 1.807) is 18.2 Å². The Morgan fingerprint density at radius 1 is 1.06 bits per heavy atom. The minimum Gasteiger partial charge on any atom is -0.379 e. The molecule has 0 aliphatic carbocycles. The van der Waals surface area contributed by atoms with E-state index in [0.29, 0.717) is 18.9 Å². The number of para-hydroxylation sites is 1. The zero-order chi connectivity index (χ0) is 22.7. The maximum atomic E-state index is 13.1. The normalized spacial score (nSPS) is 18.5. The van der Waals surface area contributed by atoms with Gasteiger partial charge < -0.3 is 20.1 Å². The first kappa shape index (κ1) is 22.5. The summed E-state index contributed by atoms with van der Waals surface area (Å²) < 4.78 is 32.9. The van der Waals surface area contributed by atoms with E-state index >= 15 is 0 Å². The zero-order valence-electron chi connectivity index (χ0n) is 17.5. The highest BCUT2D eigenvalue weighted by Crippen LogP contribution is 2.35. The standard InChI is InChI=1S/C21H26N4O6S/c26-21(17-5-1-2-6-19(17)25(27)28)22-18-15-16(7-8-20(18)23-9-3-4-10-23)32(29,30)24-11-13-31-14-12-24/h1-2,5-8,15,21-22,26H,3-4,9-14H2/t21-/m0/s1. The summed E-state index contributed by atoms with van der Waals surface area (Å²) in [4.78, 5) is 13.0. The second kappa shape index (κ2) is 9.41. The van der Waals surface area contributed by atoms with Crippen LogP contribution in [0.3, 0.4) is 0 Å². The molecule has 1 atom stereocenters. The molecule has 0 aromatic heterocycles. The van der Waals surface area contributed by atoms with Crippen molar-refractivity contribution in [3.8, 4) is 0 Å². The molecular weight excluding hydrogens is 436 g/mol. The maximum Gasteiger partial charge on any atom is 0.277 e. The van der Waals surface area contributed by atoms with Crippen LogP contribution in [-0.2, 0) is 14.8 Å². The van der Waals surface area contributed by atoms with Gasteiger partial charge in [-0.2, -0.15) is 4.31 Å². The summed E-state index contributed by atoms with van der Waals surface area (Å²) in [5.74, 6) is 0. The van der Waals surface area contributed by atoms with Crippen LogP contribution < -0.4 is 10.2 Å². The summed E-state index contributed by atoms with van der Waals surface area (Å²) in [5, 5.41) is 25.1. The molecule has 2 aromatic rings. The van der Waals surface area contributed by atoms with Crippen LogP contribution in [0.1, 0.15) is 24.6 Å². The average Bonchev–Trinajstić information content (AvgIpc) is 3.34. The molecule has 2 aromatic carbocycles. The molecule has 2 aliphatic heterocycles. The SMILES string of the molecule is O=[N+]([O-])c1ccccc1[C@H](O)Nc1cc(S(=O)(=O)N2CCOCC2)ccc1N1CCCC1. The number of aliphatic hydroxyl groups excluding tert-OH is 1. The van der Waals surface area contributed by atoms with Gasteiger partial charge >= 0.3 is 0 Å². The Kier molecular flexibility index (Phi) is 6.60. The van der Waals surface area contributed by atoms with Gasteiger partial charge in [-0.25, -0.2) is 8.42 Å². The molecule has 10 nitrogen and oxygen atoms in total. The minimum atomic E-state index is -3.74. The van der Waals surface area contributed by atoms with Crippen LogP contribution in [0.5, 0.6) is 0 Å². The van der Waals surface area contributed by atoms with E-state index in [0.717, 1.165) is 31.6 Å². The summed E-state index contributed by atoms with van der Waals surface area (Å²) in [6.07, 6.45) is 0.638. The summed E-state index contributed by atoms with van der Waals surface area (Å²) in [6, 6.07) is 10.7. The number of nitro benzene ring substituents is 1. The molecule has 4 rings (SSSR count). The predicted octanol–water partition coefficient (Wildman–Crippen LogP) is 2.32. The van der Waals surface area contributed by atoms with Crippen LogP contribution in [0, 0.1) is 10.1 Å². The lowest BCUT2D eigenvalue weighted by molar-refractivity contribution is -0.386. The number of hydrogen-bond donors (Lipinski definition) is 2. The molecule has 0 unspecified atom stereocenters. The van der Waals surface area contributed by atoms with Crippen molar-refractivity contribution in [2.24, 2.45) is 0 Å². The van der Waals surface area contributed by atoms with Crippen LogP contribution in [0.2, 0.25) is 0 Å². The number of rotatable bonds is 7. The number of morpholine rings is 1. The number of aliphatic hydroxyl groups is 1. The predicted molar refractivity (Wildman–Crippen MR) is 119 cm³/mol. The number of sulfonamides is 1. The Morgan fingerprint density at radius 3 is 2.44 bits per heavy atom. The topological polar surface area (TPSA) is 125 Å². The largest absolute Gasteiger partial charge is 0.379 e. The molecule has 2 heterocycles. The van der Waals surface area contributed by atoms with Crippen molar-refractivity contribution < 1.29 is 23.2 Å². The van der Waals surface area contributed by atoms with Crippen molar-refractivity contribution in [1.82, 2.24) is 4.31 Å². The molecule has 2 N–H and O–H groups in total. The third-order valence-electron chi connectivity index (χ3n) is 5.74. The molecule has 11 heteroatoms. The van der Waals surface area contributed by atoms with Crippen molar-refractivity contribution in [3.63, 3.8) is 0 Å². The molecule has 2 fully saturated rings. The molecule has 0 bridgehead atoms. The second-order valence-electron chi connectivity index (χ2n) is 7.75. The second-order valence-corrected chi connectivity index (χ2v) is 9.69. The minimum absolute atomic E-state index is 0.0969. The lowest BCUT2D eigenvalue weighted by atomic mass is 10.1. The van der Waals surface area contributed by atoms with Crippen molar-refractivity contribution >= 4 is 27.1 Å². The number of nitrogens with one attached hydrogen (secondary N) is 1. The quantitative estimate of drug-likeness (QED) is 0.365. The van der Waals surface area contributed by atoms with Crippen LogP contribution in [0.15, 0.2) is 47.4 Å².